The molecule has 124 valence electrons. The Bertz CT molecular complexity index is 888. The number of hydrogen-bond acceptors (Lipinski definition) is 5. The van der Waals surface area contributed by atoms with E-state index in [2.05, 4.69) is 10.3 Å². The minimum Gasteiger partial charge on any atom is -0.497 e. The van der Waals surface area contributed by atoms with Crippen LogP contribution in [-0.4, -0.2) is 25.1 Å². The molecule has 0 saturated carbocycles. The lowest BCUT2D eigenvalue weighted by Crippen LogP contribution is -2.13. The highest BCUT2D eigenvalue weighted by molar-refractivity contribution is 7.23. The molecule has 0 aliphatic carbocycles. The van der Waals surface area contributed by atoms with Gasteiger partial charge in [0.05, 0.1) is 34.5 Å². The van der Waals surface area contributed by atoms with Crippen molar-refractivity contribution in [2.75, 3.05) is 19.5 Å². The Kier molecular flexibility index (Phi) is 4.80. The summed E-state index contributed by atoms with van der Waals surface area (Å²) in [5.41, 5.74) is 0.898. The summed E-state index contributed by atoms with van der Waals surface area (Å²) in [5.74, 6) is 0.624. The van der Waals surface area contributed by atoms with Gasteiger partial charge in [-0.1, -0.05) is 34.5 Å². The molecule has 0 unspecified atom stereocenters. The smallest absolute Gasteiger partial charge is 0.261 e. The number of carbonyl (C=O) groups excluding carboxylic acids is 1. The van der Waals surface area contributed by atoms with Gasteiger partial charge in [0.25, 0.3) is 5.91 Å². The number of methoxy groups -OCH3 is 2. The van der Waals surface area contributed by atoms with Gasteiger partial charge < -0.3 is 9.47 Å². The Balaban J connectivity index is 1.95. The van der Waals surface area contributed by atoms with Crippen LogP contribution < -0.4 is 14.8 Å². The predicted octanol–water partition coefficient (Wildman–Crippen LogP) is 4.87. The molecule has 0 atom stereocenters. The number of nitrogens with one attached hydrogen (secondary N) is 1. The van der Waals surface area contributed by atoms with E-state index in [0.717, 1.165) is 4.70 Å². The van der Waals surface area contributed by atoms with Gasteiger partial charge in [-0.15, -0.1) is 0 Å². The van der Waals surface area contributed by atoms with E-state index in [1.54, 1.807) is 30.3 Å². The second kappa shape index (κ2) is 6.84. The van der Waals surface area contributed by atoms with Crippen molar-refractivity contribution in [3.8, 4) is 11.5 Å². The quantitative estimate of drug-likeness (QED) is 0.698. The van der Waals surface area contributed by atoms with Crippen molar-refractivity contribution in [2.24, 2.45) is 0 Å². The minimum atomic E-state index is -0.364. The van der Waals surface area contributed by atoms with E-state index < -0.39 is 0 Å². The normalized spacial score (nSPS) is 10.7. The Labute approximate surface area is 152 Å². The molecular weight excluding hydrogens is 371 g/mol. The van der Waals surface area contributed by atoms with E-state index in [0.29, 0.717) is 37.8 Å². The van der Waals surface area contributed by atoms with Crippen LogP contribution in [0, 0.1) is 0 Å². The number of hydrogen-bond donors (Lipinski definition) is 1. The fourth-order valence-electron chi connectivity index (χ4n) is 2.15. The van der Waals surface area contributed by atoms with Crippen LogP contribution in [0.1, 0.15) is 10.4 Å². The molecule has 1 heterocycles. The molecule has 0 bridgehead atoms. The number of thiazole rings is 1. The topological polar surface area (TPSA) is 60.5 Å². The average Bonchev–Trinajstić information content (AvgIpc) is 3.02. The molecule has 5 nitrogen and oxygen atoms in total. The van der Waals surface area contributed by atoms with Crippen molar-refractivity contribution in [3.63, 3.8) is 0 Å². The fourth-order valence-corrected chi connectivity index (χ4v) is 3.57. The summed E-state index contributed by atoms with van der Waals surface area (Å²) in [6.45, 7) is 0. The average molecular weight is 383 g/mol. The van der Waals surface area contributed by atoms with E-state index in [9.17, 15) is 4.79 Å². The van der Waals surface area contributed by atoms with Crippen LogP contribution in [-0.2, 0) is 0 Å². The van der Waals surface area contributed by atoms with E-state index in [1.165, 1.54) is 25.6 Å². The highest BCUT2D eigenvalue weighted by Gasteiger charge is 2.17. The molecule has 1 aromatic heterocycles. The number of benzene rings is 2. The van der Waals surface area contributed by atoms with Gasteiger partial charge in [-0.2, -0.15) is 0 Å². The van der Waals surface area contributed by atoms with Crippen LogP contribution in [0.25, 0.3) is 10.2 Å². The second-order valence-corrected chi connectivity index (χ2v) is 6.56. The van der Waals surface area contributed by atoms with Gasteiger partial charge in [-0.25, -0.2) is 4.98 Å². The van der Waals surface area contributed by atoms with Crippen molar-refractivity contribution in [3.05, 3.63) is 45.9 Å². The van der Waals surface area contributed by atoms with Crippen LogP contribution in [0.3, 0.4) is 0 Å². The van der Waals surface area contributed by atoms with Crippen LogP contribution >= 0.6 is 34.5 Å². The summed E-state index contributed by atoms with van der Waals surface area (Å²) < 4.78 is 11.1. The molecule has 1 amide bonds. The number of amides is 1. The van der Waals surface area contributed by atoms with Crippen LogP contribution in [0.4, 0.5) is 5.13 Å². The van der Waals surface area contributed by atoms with Gasteiger partial charge in [0, 0.05) is 0 Å². The Morgan fingerprint density at radius 1 is 1.12 bits per heavy atom. The number of fused-ring (bicyclic) bond motifs is 1. The second-order valence-electron chi connectivity index (χ2n) is 4.75. The third kappa shape index (κ3) is 3.13. The zero-order valence-corrected chi connectivity index (χ0v) is 15.1. The van der Waals surface area contributed by atoms with Crippen molar-refractivity contribution in [2.45, 2.75) is 0 Å². The molecule has 3 aromatic rings. The Morgan fingerprint density at radius 3 is 2.54 bits per heavy atom. The van der Waals surface area contributed by atoms with Crippen molar-refractivity contribution >= 4 is 55.8 Å². The minimum absolute atomic E-state index is 0.341. The van der Waals surface area contributed by atoms with Crippen LogP contribution in [0.15, 0.2) is 30.3 Å². The first-order chi connectivity index (χ1) is 11.5. The SMILES string of the molecule is COc1ccc(OC)c(C(=O)Nc2nc3c(Cl)ccc(Cl)c3s2)c1. The molecule has 0 spiro atoms. The maximum absolute atomic E-state index is 12.6. The Hall–Kier alpha value is -2.02. The Morgan fingerprint density at radius 2 is 1.88 bits per heavy atom. The zero-order valence-electron chi connectivity index (χ0n) is 12.7. The van der Waals surface area contributed by atoms with E-state index in [4.69, 9.17) is 32.7 Å². The first kappa shape index (κ1) is 16.8. The predicted molar refractivity (Wildman–Crippen MR) is 97.1 cm³/mol. The number of halogens is 2. The summed E-state index contributed by atoms with van der Waals surface area (Å²) in [6.07, 6.45) is 0. The molecule has 0 aliphatic rings. The number of ether oxygens (including phenoxy) is 2. The van der Waals surface area contributed by atoms with Crippen molar-refractivity contribution < 1.29 is 14.3 Å². The maximum Gasteiger partial charge on any atom is 0.261 e. The number of rotatable bonds is 4. The van der Waals surface area contributed by atoms with Gasteiger partial charge in [0.15, 0.2) is 5.13 Å². The van der Waals surface area contributed by atoms with Crippen LogP contribution in [0.5, 0.6) is 11.5 Å². The largest absolute Gasteiger partial charge is 0.497 e. The van der Waals surface area contributed by atoms with E-state index >= 15 is 0 Å². The number of carbonyl (C=O) groups is 1. The molecule has 3 rings (SSSR count). The highest BCUT2D eigenvalue weighted by atomic mass is 35.5. The number of anilines is 1. The van der Waals surface area contributed by atoms with Gasteiger partial charge in [0.1, 0.15) is 17.0 Å². The number of nitrogens with zero attached hydrogens (tertiary/aromatic N) is 1. The molecule has 24 heavy (non-hydrogen) atoms. The summed E-state index contributed by atoms with van der Waals surface area (Å²) in [6, 6.07) is 8.35. The first-order valence-corrected chi connectivity index (χ1v) is 8.38. The maximum atomic E-state index is 12.6. The molecule has 8 heteroatoms. The summed E-state index contributed by atoms with van der Waals surface area (Å²) in [7, 11) is 3.02. The van der Waals surface area contributed by atoms with Gasteiger partial charge in [-0.3, -0.25) is 10.1 Å². The molecule has 2 aromatic carbocycles. The third-order valence-corrected chi connectivity index (χ3v) is 5.05. The molecule has 0 saturated heterocycles. The lowest BCUT2D eigenvalue weighted by molar-refractivity contribution is 0.102. The summed E-state index contributed by atoms with van der Waals surface area (Å²) in [4.78, 5) is 16.9. The molecule has 1 N–H and O–H groups in total. The first-order valence-electron chi connectivity index (χ1n) is 6.81. The third-order valence-electron chi connectivity index (χ3n) is 3.32. The summed E-state index contributed by atoms with van der Waals surface area (Å²) in [5, 5.41) is 4.15. The monoisotopic (exact) mass is 382 g/mol. The van der Waals surface area contributed by atoms with Crippen molar-refractivity contribution in [1.82, 2.24) is 4.98 Å². The van der Waals surface area contributed by atoms with E-state index in [-0.39, 0.29) is 5.91 Å². The molecule has 0 fully saturated rings. The van der Waals surface area contributed by atoms with Gasteiger partial charge >= 0.3 is 0 Å². The van der Waals surface area contributed by atoms with E-state index in [1.807, 2.05) is 0 Å². The summed E-state index contributed by atoms with van der Waals surface area (Å²) >= 11 is 13.5. The van der Waals surface area contributed by atoms with Gasteiger partial charge in [-0.05, 0) is 30.3 Å². The molecule has 0 radical (unpaired) electrons. The number of aromatic nitrogens is 1. The molecular formula is C16H12Cl2N2O3S. The lowest BCUT2D eigenvalue weighted by atomic mass is 10.2. The van der Waals surface area contributed by atoms with Gasteiger partial charge in [0.2, 0.25) is 0 Å². The van der Waals surface area contributed by atoms with Crippen LogP contribution in [0.2, 0.25) is 10.0 Å². The highest BCUT2D eigenvalue weighted by Crippen LogP contribution is 2.36. The standard InChI is InChI=1S/C16H12Cl2N2O3S/c1-22-8-3-6-12(23-2)9(7-8)15(21)20-16-19-13-10(17)4-5-11(18)14(13)24-16/h3-7H,1-2H3,(H,19,20,21). The fraction of sp³-hybridized carbons (Fsp3) is 0.125. The van der Waals surface area contributed by atoms with Crippen molar-refractivity contribution in [1.29, 1.82) is 0 Å². The lowest BCUT2D eigenvalue weighted by Gasteiger charge is -2.09. The molecule has 0 aliphatic heterocycles. The zero-order chi connectivity index (χ0) is 17.3.